The molecule has 1 aliphatic carbocycles. The maximum Gasteiger partial charge on any atom is 0.257 e. The summed E-state index contributed by atoms with van der Waals surface area (Å²) in [5, 5.41) is 6.96. The lowest BCUT2D eigenvalue weighted by molar-refractivity contribution is 0.0946. The van der Waals surface area contributed by atoms with Crippen LogP contribution in [-0.4, -0.2) is 39.2 Å². The van der Waals surface area contributed by atoms with E-state index in [0.29, 0.717) is 35.0 Å². The van der Waals surface area contributed by atoms with Crippen molar-refractivity contribution < 1.29 is 18.7 Å². The Morgan fingerprint density at radius 1 is 1.19 bits per heavy atom. The number of nitrogen functional groups attached to an aromatic ring is 1. The van der Waals surface area contributed by atoms with E-state index in [2.05, 4.69) is 20.4 Å². The molecule has 0 spiro atoms. The lowest BCUT2D eigenvalue weighted by atomic mass is 10.1. The Hall–Kier alpha value is -4.21. The van der Waals surface area contributed by atoms with Crippen molar-refractivity contribution in [2.45, 2.75) is 32.2 Å². The fraction of sp³-hybridized carbons (Fsp3) is 0.308. The SMILES string of the molecule is COc1ncc(-c2ccn3nc(N)nc3c2)cc1C(=O)NCc1ccc(F)cc1OCC1CCCC1. The van der Waals surface area contributed by atoms with E-state index >= 15 is 0 Å². The highest BCUT2D eigenvalue weighted by Gasteiger charge is 2.19. The Balaban J connectivity index is 1.34. The van der Waals surface area contributed by atoms with Crippen molar-refractivity contribution in [3.63, 3.8) is 0 Å². The number of anilines is 1. The molecular formula is C26H27FN6O3. The largest absolute Gasteiger partial charge is 0.493 e. The lowest BCUT2D eigenvalue weighted by Crippen LogP contribution is -2.24. The van der Waals surface area contributed by atoms with Crippen molar-refractivity contribution in [3.05, 3.63) is 65.7 Å². The minimum absolute atomic E-state index is 0.164. The van der Waals surface area contributed by atoms with Gasteiger partial charge in [0, 0.05) is 36.1 Å². The third-order valence-electron chi connectivity index (χ3n) is 6.39. The average Bonchev–Trinajstić information content (AvgIpc) is 3.54. The van der Waals surface area contributed by atoms with Crippen molar-refractivity contribution in [1.82, 2.24) is 24.9 Å². The van der Waals surface area contributed by atoms with Crippen molar-refractivity contribution in [2.75, 3.05) is 19.5 Å². The number of carbonyl (C=O) groups excluding carboxylic acids is 1. The molecule has 0 unspecified atom stereocenters. The molecule has 0 bridgehead atoms. The number of halogens is 1. The van der Waals surface area contributed by atoms with E-state index in [1.54, 1.807) is 35.1 Å². The van der Waals surface area contributed by atoms with Gasteiger partial charge in [-0.3, -0.25) is 4.79 Å². The van der Waals surface area contributed by atoms with E-state index < -0.39 is 0 Å². The van der Waals surface area contributed by atoms with Gasteiger partial charge >= 0.3 is 0 Å². The molecule has 10 heteroatoms. The third kappa shape index (κ3) is 5.07. The van der Waals surface area contributed by atoms with E-state index in [1.165, 1.54) is 32.1 Å². The highest BCUT2D eigenvalue weighted by molar-refractivity contribution is 5.97. The van der Waals surface area contributed by atoms with Crippen LogP contribution >= 0.6 is 0 Å². The quantitative estimate of drug-likeness (QED) is 0.383. The number of rotatable bonds is 8. The molecule has 1 fully saturated rings. The maximum atomic E-state index is 13.9. The summed E-state index contributed by atoms with van der Waals surface area (Å²) in [6.45, 7) is 0.712. The van der Waals surface area contributed by atoms with Crippen molar-refractivity contribution >= 4 is 17.5 Å². The molecule has 0 atom stereocenters. The summed E-state index contributed by atoms with van der Waals surface area (Å²) in [5.41, 5.74) is 8.71. The van der Waals surface area contributed by atoms with Gasteiger partial charge in [0.2, 0.25) is 11.8 Å². The fourth-order valence-corrected chi connectivity index (χ4v) is 4.48. The first kappa shape index (κ1) is 23.5. The van der Waals surface area contributed by atoms with Gasteiger partial charge in [-0.1, -0.05) is 18.9 Å². The van der Waals surface area contributed by atoms with Gasteiger partial charge in [0.1, 0.15) is 17.1 Å². The molecule has 5 rings (SSSR count). The molecule has 3 heterocycles. The van der Waals surface area contributed by atoms with Gasteiger partial charge in [0.15, 0.2) is 5.65 Å². The number of aromatic nitrogens is 4. The standard InChI is InChI=1S/C26H27FN6O3/c1-35-25-21(10-19(14-30-25)17-8-9-33-23(11-17)31-26(28)32-33)24(34)29-13-18-6-7-20(27)12-22(18)36-15-16-4-2-3-5-16/h6-12,14,16H,2-5,13,15H2,1H3,(H2,28,32)(H,29,34). The van der Waals surface area contributed by atoms with E-state index in [4.69, 9.17) is 15.2 Å². The van der Waals surface area contributed by atoms with Crippen molar-refractivity contribution in [3.8, 4) is 22.8 Å². The van der Waals surface area contributed by atoms with Crippen LogP contribution in [0.3, 0.4) is 0 Å². The first-order chi connectivity index (χ1) is 17.5. The predicted molar refractivity (Wildman–Crippen MR) is 132 cm³/mol. The number of hydrogen-bond acceptors (Lipinski definition) is 7. The number of amides is 1. The normalized spacial score (nSPS) is 13.7. The maximum absolute atomic E-state index is 13.9. The number of pyridine rings is 2. The summed E-state index contributed by atoms with van der Waals surface area (Å²) in [6.07, 6.45) is 8.02. The van der Waals surface area contributed by atoms with Crippen LogP contribution in [0.25, 0.3) is 16.8 Å². The summed E-state index contributed by atoms with van der Waals surface area (Å²) in [4.78, 5) is 21.6. The molecule has 3 aromatic heterocycles. The second-order valence-corrected chi connectivity index (χ2v) is 8.87. The smallest absolute Gasteiger partial charge is 0.257 e. The number of carbonyl (C=O) groups is 1. The number of fused-ring (bicyclic) bond motifs is 1. The molecule has 4 aromatic rings. The number of nitrogens with two attached hydrogens (primary N) is 1. The van der Waals surface area contributed by atoms with E-state index in [9.17, 15) is 9.18 Å². The zero-order valence-corrected chi connectivity index (χ0v) is 19.9. The first-order valence-electron chi connectivity index (χ1n) is 11.9. The van der Waals surface area contributed by atoms with Crippen molar-refractivity contribution in [1.29, 1.82) is 0 Å². The number of nitrogens with one attached hydrogen (secondary N) is 1. The number of nitrogens with zero attached hydrogens (tertiary/aromatic N) is 4. The van der Waals surface area contributed by atoms with Gasteiger partial charge in [-0.25, -0.2) is 13.9 Å². The van der Waals surface area contributed by atoms with Crippen LogP contribution in [0.2, 0.25) is 0 Å². The molecule has 1 saturated carbocycles. The van der Waals surface area contributed by atoms with Gasteiger partial charge in [0.25, 0.3) is 5.91 Å². The fourth-order valence-electron chi connectivity index (χ4n) is 4.48. The Labute approximate surface area is 207 Å². The van der Waals surface area contributed by atoms with Crippen LogP contribution in [-0.2, 0) is 6.54 Å². The highest BCUT2D eigenvalue weighted by Crippen LogP contribution is 2.28. The summed E-state index contributed by atoms with van der Waals surface area (Å²) < 4.78 is 26.8. The summed E-state index contributed by atoms with van der Waals surface area (Å²) in [5.74, 6) is 0.550. The number of hydrogen-bond donors (Lipinski definition) is 2. The Morgan fingerprint density at radius 2 is 2.03 bits per heavy atom. The van der Waals surface area contributed by atoms with Gasteiger partial charge in [-0.15, -0.1) is 5.10 Å². The minimum atomic E-state index is -0.378. The van der Waals surface area contributed by atoms with Crippen molar-refractivity contribution in [2.24, 2.45) is 5.92 Å². The summed E-state index contributed by atoms with van der Waals surface area (Å²) in [6, 6.07) is 9.70. The Kier molecular flexibility index (Phi) is 6.66. The molecule has 0 saturated heterocycles. The number of ether oxygens (including phenoxy) is 2. The third-order valence-corrected chi connectivity index (χ3v) is 6.39. The first-order valence-corrected chi connectivity index (χ1v) is 11.9. The lowest BCUT2D eigenvalue weighted by Gasteiger charge is -2.16. The molecule has 36 heavy (non-hydrogen) atoms. The monoisotopic (exact) mass is 490 g/mol. The molecule has 0 aliphatic heterocycles. The van der Waals surface area contributed by atoms with Crippen LogP contribution in [0, 0.1) is 11.7 Å². The Morgan fingerprint density at radius 3 is 2.83 bits per heavy atom. The van der Waals surface area contributed by atoms with Gasteiger partial charge in [-0.05, 0) is 48.6 Å². The van der Waals surface area contributed by atoms with Crippen LogP contribution in [0.4, 0.5) is 10.3 Å². The molecular weight excluding hydrogens is 463 g/mol. The minimum Gasteiger partial charge on any atom is -0.493 e. The molecule has 1 aliphatic rings. The molecule has 1 amide bonds. The molecule has 0 radical (unpaired) electrons. The van der Waals surface area contributed by atoms with Gasteiger partial charge < -0.3 is 20.5 Å². The second-order valence-electron chi connectivity index (χ2n) is 8.87. The van der Waals surface area contributed by atoms with Crippen LogP contribution in [0.15, 0.2) is 48.8 Å². The molecule has 186 valence electrons. The van der Waals surface area contributed by atoms with Crippen LogP contribution in [0.1, 0.15) is 41.6 Å². The van der Waals surface area contributed by atoms with Gasteiger partial charge in [0.05, 0.1) is 13.7 Å². The number of methoxy groups -OCH3 is 1. The Bertz CT molecular complexity index is 1400. The number of benzene rings is 1. The van der Waals surface area contributed by atoms with Crippen LogP contribution < -0.4 is 20.5 Å². The predicted octanol–water partition coefficient (Wildman–Crippen LogP) is 4.02. The van der Waals surface area contributed by atoms with E-state index in [-0.39, 0.29) is 35.7 Å². The van der Waals surface area contributed by atoms with Gasteiger partial charge in [-0.2, -0.15) is 4.98 Å². The topological polar surface area (TPSA) is 117 Å². The van der Waals surface area contributed by atoms with E-state index in [0.717, 1.165) is 18.4 Å². The molecule has 1 aromatic carbocycles. The molecule has 3 N–H and O–H groups in total. The van der Waals surface area contributed by atoms with Crippen LogP contribution in [0.5, 0.6) is 11.6 Å². The van der Waals surface area contributed by atoms with E-state index in [1.807, 2.05) is 6.07 Å². The summed E-state index contributed by atoms with van der Waals surface area (Å²) in [7, 11) is 1.46. The zero-order chi connectivity index (χ0) is 25.1. The summed E-state index contributed by atoms with van der Waals surface area (Å²) >= 11 is 0. The zero-order valence-electron chi connectivity index (χ0n) is 19.9. The highest BCUT2D eigenvalue weighted by atomic mass is 19.1. The second kappa shape index (κ2) is 10.2. The molecule has 9 nitrogen and oxygen atoms in total. The average molecular weight is 491 g/mol.